The van der Waals surface area contributed by atoms with Crippen molar-refractivity contribution in [3.63, 3.8) is 0 Å². The molecule has 1 saturated carbocycles. The van der Waals surface area contributed by atoms with Gasteiger partial charge in [0.1, 0.15) is 0 Å². The van der Waals surface area contributed by atoms with Crippen LogP contribution < -0.4 is 10.6 Å². The molecule has 0 radical (unpaired) electrons. The third-order valence-electron chi connectivity index (χ3n) is 4.43. The fraction of sp³-hybridized carbons (Fsp3) is 0.688. The van der Waals surface area contributed by atoms with E-state index in [0.717, 1.165) is 42.9 Å². The van der Waals surface area contributed by atoms with Crippen molar-refractivity contribution in [1.29, 1.82) is 0 Å². The van der Waals surface area contributed by atoms with Gasteiger partial charge in [-0.05, 0) is 12.8 Å². The second-order valence-corrected chi connectivity index (χ2v) is 7.52. The van der Waals surface area contributed by atoms with Crippen molar-refractivity contribution < 1.29 is 9.59 Å². The fourth-order valence-corrected chi connectivity index (χ4v) is 4.41. The SMILES string of the molecule is CC(=O)Nc1nc2c(s1)CN(CC(=O)NC1CCCCC1)CC2. The number of carbonyl (C=O) groups is 2. The van der Waals surface area contributed by atoms with Gasteiger partial charge in [-0.1, -0.05) is 19.3 Å². The van der Waals surface area contributed by atoms with Crippen LogP contribution in [-0.2, 0) is 22.6 Å². The minimum atomic E-state index is -0.0974. The normalized spacial score (nSPS) is 19.2. The van der Waals surface area contributed by atoms with Crippen LogP contribution in [0.15, 0.2) is 0 Å². The van der Waals surface area contributed by atoms with E-state index in [2.05, 4.69) is 20.5 Å². The number of anilines is 1. The number of hydrogen-bond acceptors (Lipinski definition) is 5. The van der Waals surface area contributed by atoms with E-state index < -0.39 is 0 Å². The first kappa shape index (κ1) is 16.4. The molecule has 2 N–H and O–H groups in total. The van der Waals surface area contributed by atoms with Crippen molar-refractivity contribution >= 4 is 28.3 Å². The summed E-state index contributed by atoms with van der Waals surface area (Å²) in [6.45, 7) is 3.52. The third-order valence-corrected chi connectivity index (χ3v) is 5.43. The van der Waals surface area contributed by atoms with E-state index in [1.807, 2.05) is 0 Å². The molecule has 2 heterocycles. The van der Waals surface area contributed by atoms with Gasteiger partial charge in [0.25, 0.3) is 0 Å². The highest BCUT2D eigenvalue weighted by atomic mass is 32.1. The van der Waals surface area contributed by atoms with Crippen LogP contribution in [0.1, 0.15) is 49.6 Å². The van der Waals surface area contributed by atoms with Crippen molar-refractivity contribution in [2.24, 2.45) is 0 Å². The Hall–Kier alpha value is -1.47. The number of fused-ring (bicyclic) bond motifs is 1. The van der Waals surface area contributed by atoms with Gasteiger partial charge in [-0.2, -0.15) is 0 Å². The fourth-order valence-electron chi connectivity index (χ4n) is 3.31. The lowest BCUT2D eigenvalue weighted by Gasteiger charge is -2.27. The van der Waals surface area contributed by atoms with Crippen LogP contribution in [0.2, 0.25) is 0 Å². The first-order chi connectivity index (χ1) is 11.1. The summed E-state index contributed by atoms with van der Waals surface area (Å²) in [4.78, 5) is 31.1. The summed E-state index contributed by atoms with van der Waals surface area (Å²) in [5.41, 5.74) is 1.06. The topological polar surface area (TPSA) is 74.3 Å². The summed E-state index contributed by atoms with van der Waals surface area (Å²) in [6, 6.07) is 0.367. The molecule has 3 rings (SSSR count). The van der Waals surface area contributed by atoms with E-state index in [1.54, 1.807) is 0 Å². The predicted octanol–water partition coefficient (Wildman–Crippen LogP) is 1.91. The molecule has 7 heteroatoms. The van der Waals surface area contributed by atoms with Gasteiger partial charge in [0, 0.05) is 37.4 Å². The summed E-state index contributed by atoms with van der Waals surface area (Å²) in [7, 11) is 0. The highest BCUT2D eigenvalue weighted by Crippen LogP contribution is 2.28. The quantitative estimate of drug-likeness (QED) is 0.881. The van der Waals surface area contributed by atoms with Gasteiger partial charge in [0.15, 0.2) is 5.13 Å². The summed E-state index contributed by atoms with van der Waals surface area (Å²) in [5, 5.41) is 6.58. The van der Waals surface area contributed by atoms with Crippen LogP contribution >= 0.6 is 11.3 Å². The first-order valence-electron chi connectivity index (χ1n) is 8.38. The van der Waals surface area contributed by atoms with Gasteiger partial charge in [0.2, 0.25) is 11.8 Å². The molecule has 0 saturated heterocycles. The molecule has 126 valence electrons. The smallest absolute Gasteiger partial charge is 0.234 e. The Morgan fingerprint density at radius 3 is 2.83 bits per heavy atom. The van der Waals surface area contributed by atoms with Crippen LogP contribution in [0.5, 0.6) is 0 Å². The summed E-state index contributed by atoms with van der Waals surface area (Å²) in [5.74, 6) is 0.0340. The number of carbonyl (C=O) groups excluding carboxylic acids is 2. The molecule has 6 nitrogen and oxygen atoms in total. The molecule has 23 heavy (non-hydrogen) atoms. The number of nitrogens with one attached hydrogen (secondary N) is 2. The van der Waals surface area contributed by atoms with Gasteiger partial charge < -0.3 is 10.6 Å². The molecule has 0 spiro atoms. The van der Waals surface area contributed by atoms with Gasteiger partial charge in [0.05, 0.1) is 12.2 Å². The second kappa shape index (κ2) is 7.40. The Morgan fingerprint density at radius 1 is 1.30 bits per heavy atom. The minimum absolute atomic E-state index is 0.0974. The standard InChI is InChI=1S/C16H24N4O2S/c1-11(21)17-16-19-13-7-8-20(9-14(13)23-16)10-15(22)18-12-5-3-2-4-6-12/h12H,2-10H2,1H3,(H,18,22)(H,17,19,21). The summed E-state index contributed by atoms with van der Waals surface area (Å²) < 4.78 is 0. The Kier molecular flexibility index (Phi) is 5.27. The van der Waals surface area contributed by atoms with Crippen molar-refractivity contribution in [3.05, 3.63) is 10.6 Å². The molecule has 0 bridgehead atoms. The van der Waals surface area contributed by atoms with Gasteiger partial charge >= 0.3 is 0 Å². The van der Waals surface area contributed by atoms with Crippen LogP contribution in [0.4, 0.5) is 5.13 Å². The summed E-state index contributed by atoms with van der Waals surface area (Å²) in [6.07, 6.45) is 6.82. The monoisotopic (exact) mass is 336 g/mol. The molecule has 1 aromatic rings. The van der Waals surface area contributed by atoms with E-state index >= 15 is 0 Å². The first-order valence-corrected chi connectivity index (χ1v) is 9.19. The molecular weight excluding hydrogens is 312 g/mol. The zero-order valence-electron chi connectivity index (χ0n) is 13.6. The average Bonchev–Trinajstić information content (AvgIpc) is 2.88. The number of rotatable bonds is 4. The maximum Gasteiger partial charge on any atom is 0.234 e. The lowest BCUT2D eigenvalue weighted by atomic mass is 9.95. The zero-order chi connectivity index (χ0) is 16.2. The average molecular weight is 336 g/mol. The number of hydrogen-bond donors (Lipinski definition) is 2. The highest BCUT2D eigenvalue weighted by molar-refractivity contribution is 7.15. The largest absolute Gasteiger partial charge is 0.352 e. The number of thiazole rings is 1. The van der Waals surface area contributed by atoms with Crippen molar-refractivity contribution in [3.8, 4) is 0 Å². The van der Waals surface area contributed by atoms with E-state index in [-0.39, 0.29) is 11.8 Å². The maximum absolute atomic E-state index is 12.2. The number of nitrogens with zero attached hydrogens (tertiary/aromatic N) is 2. The Balaban J connectivity index is 1.51. The van der Waals surface area contributed by atoms with E-state index in [0.29, 0.717) is 17.7 Å². The number of aromatic nitrogens is 1. The highest BCUT2D eigenvalue weighted by Gasteiger charge is 2.23. The zero-order valence-corrected chi connectivity index (χ0v) is 14.4. The molecular formula is C16H24N4O2S. The van der Waals surface area contributed by atoms with Crippen LogP contribution in [0, 0.1) is 0 Å². The molecule has 0 unspecified atom stereocenters. The number of amides is 2. The van der Waals surface area contributed by atoms with Crippen LogP contribution in [-0.4, -0.2) is 40.8 Å². The molecule has 2 amide bonds. The molecule has 0 atom stereocenters. The van der Waals surface area contributed by atoms with Crippen molar-refractivity contribution in [1.82, 2.24) is 15.2 Å². The molecule has 1 aromatic heterocycles. The van der Waals surface area contributed by atoms with E-state index in [9.17, 15) is 9.59 Å². The van der Waals surface area contributed by atoms with Gasteiger partial charge in [-0.25, -0.2) is 4.98 Å². The molecule has 1 fully saturated rings. The van der Waals surface area contributed by atoms with E-state index in [4.69, 9.17) is 0 Å². The van der Waals surface area contributed by atoms with Gasteiger partial charge in [-0.15, -0.1) is 11.3 Å². The predicted molar refractivity (Wildman–Crippen MR) is 90.4 cm³/mol. The maximum atomic E-state index is 12.2. The van der Waals surface area contributed by atoms with E-state index in [1.165, 1.54) is 37.5 Å². The molecule has 1 aliphatic carbocycles. The van der Waals surface area contributed by atoms with Crippen LogP contribution in [0.3, 0.4) is 0 Å². The van der Waals surface area contributed by atoms with Crippen molar-refractivity contribution in [2.75, 3.05) is 18.4 Å². The second-order valence-electron chi connectivity index (χ2n) is 6.43. The lowest BCUT2D eigenvalue weighted by molar-refractivity contribution is -0.123. The molecule has 2 aliphatic rings. The minimum Gasteiger partial charge on any atom is -0.352 e. The van der Waals surface area contributed by atoms with Crippen LogP contribution in [0.25, 0.3) is 0 Å². The third kappa shape index (κ3) is 4.51. The Bertz CT molecular complexity index is 581. The molecule has 1 aliphatic heterocycles. The summed E-state index contributed by atoms with van der Waals surface area (Å²) >= 11 is 1.51. The van der Waals surface area contributed by atoms with Crippen molar-refractivity contribution in [2.45, 2.75) is 58.0 Å². The molecule has 0 aromatic carbocycles. The Labute approximate surface area is 140 Å². The van der Waals surface area contributed by atoms with Gasteiger partial charge in [-0.3, -0.25) is 14.5 Å². The lowest BCUT2D eigenvalue weighted by Crippen LogP contribution is -2.44. The Morgan fingerprint density at radius 2 is 2.09 bits per heavy atom.